The van der Waals surface area contributed by atoms with Crippen LogP contribution in [0.1, 0.15) is 32.3 Å². The van der Waals surface area contributed by atoms with Crippen molar-refractivity contribution in [2.45, 2.75) is 26.7 Å². The maximum absolute atomic E-state index is 4.33. The molecule has 1 N–H and O–H groups in total. The molecule has 0 saturated carbocycles. The van der Waals surface area contributed by atoms with Crippen LogP contribution in [0.4, 0.5) is 0 Å². The smallest absolute Gasteiger partial charge is 0.155 e. The highest BCUT2D eigenvalue weighted by Crippen LogP contribution is 2.24. The number of hydrogen-bond donors (Lipinski definition) is 1. The van der Waals surface area contributed by atoms with E-state index in [1.807, 2.05) is 12.4 Å². The molecule has 0 aromatic carbocycles. The van der Waals surface area contributed by atoms with E-state index < -0.39 is 0 Å². The molecule has 1 unspecified atom stereocenters. The minimum absolute atomic E-state index is 0.543. The predicted octanol–water partition coefficient (Wildman–Crippen LogP) is 2.72. The molecule has 2 aromatic heterocycles. The molecule has 0 fully saturated rings. The van der Waals surface area contributed by atoms with Gasteiger partial charge in [-0.3, -0.25) is 5.10 Å². The lowest BCUT2D eigenvalue weighted by atomic mass is 9.91. The third-order valence-corrected chi connectivity index (χ3v) is 2.84. The Balaban J connectivity index is 2.43. The molecule has 0 aliphatic carbocycles. The highest BCUT2D eigenvalue weighted by Gasteiger charge is 2.11. The zero-order chi connectivity index (χ0) is 10.1. The van der Waals surface area contributed by atoms with Gasteiger partial charge in [-0.05, 0) is 23.5 Å². The summed E-state index contributed by atoms with van der Waals surface area (Å²) in [5, 5.41) is 7.91. The van der Waals surface area contributed by atoms with Crippen LogP contribution in [0.3, 0.4) is 0 Å². The van der Waals surface area contributed by atoms with E-state index in [0.717, 1.165) is 11.0 Å². The van der Waals surface area contributed by atoms with Gasteiger partial charge < -0.3 is 0 Å². The summed E-state index contributed by atoms with van der Waals surface area (Å²) in [6.45, 7) is 6.68. The zero-order valence-corrected chi connectivity index (χ0v) is 8.78. The number of aromatic nitrogens is 3. The van der Waals surface area contributed by atoms with Crippen molar-refractivity contribution in [3.8, 4) is 0 Å². The summed E-state index contributed by atoms with van der Waals surface area (Å²) >= 11 is 0. The van der Waals surface area contributed by atoms with Crippen LogP contribution in [0, 0.1) is 5.92 Å². The van der Waals surface area contributed by atoms with E-state index in [0.29, 0.717) is 11.8 Å². The molecule has 0 amide bonds. The van der Waals surface area contributed by atoms with Crippen LogP contribution >= 0.6 is 0 Å². The van der Waals surface area contributed by atoms with Gasteiger partial charge in [0.1, 0.15) is 0 Å². The number of H-pyrrole nitrogens is 1. The molecule has 2 aromatic rings. The van der Waals surface area contributed by atoms with E-state index in [1.165, 1.54) is 5.56 Å². The summed E-state index contributed by atoms with van der Waals surface area (Å²) in [6, 6.07) is 2.16. The average molecular weight is 189 g/mol. The van der Waals surface area contributed by atoms with Gasteiger partial charge >= 0.3 is 0 Å². The molecule has 2 heterocycles. The first-order chi connectivity index (χ1) is 6.68. The van der Waals surface area contributed by atoms with E-state index in [-0.39, 0.29) is 0 Å². The Kier molecular flexibility index (Phi) is 2.23. The topological polar surface area (TPSA) is 41.6 Å². The van der Waals surface area contributed by atoms with Crippen molar-refractivity contribution in [3.63, 3.8) is 0 Å². The molecule has 0 aliphatic rings. The Hall–Kier alpha value is -1.38. The minimum Gasteiger partial charge on any atom is -0.261 e. The Bertz CT molecular complexity index is 431. The van der Waals surface area contributed by atoms with Gasteiger partial charge in [0, 0.05) is 11.6 Å². The number of hydrogen-bond acceptors (Lipinski definition) is 2. The van der Waals surface area contributed by atoms with Crippen LogP contribution in [0.5, 0.6) is 0 Å². The van der Waals surface area contributed by atoms with Crippen molar-refractivity contribution in [2.75, 3.05) is 0 Å². The quantitative estimate of drug-likeness (QED) is 0.789. The first-order valence-corrected chi connectivity index (χ1v) is 4.97. The van der Waals surface area contributed by atoms with Crippen LogP contribution in [0.25, 0.3) is 11.0 Å². The van der Waals surface area contributed by atoms with E-state index in [4.69, 9.17) is 0 Å². The number of fused-ring (bicyclic) bond motifs is 1. The fourth-order valence-corrected chi connectivity index (χ4v) is 1.49. The summed E-state index contributed by atoms with van der Waals surface area (Å²) in [4.78, 5) is 4.33. The fourth-order valence-electron chi connectivity index (χ4n) is 1.49. The Morgan fingerprint density at radius 2 is 2.00 bits per heavy atom. The second-order valence-electron chi connectivity index (χ2n) is 4.11. The third-order valence-electron chi connectivity index (χ3n) is 2.84. The zero-order valence-electron chi connectivity index (χ0n) is 8.78. The number of nitrogens with one attached hydrogen (secondary N) is 1. The van der Waals surface area contributed by atoms with Crippen LogP contribution in [0.2, 0.25) is 0 Å². The van der Waals surface area contributed by atoms with Crippen molar-refractivity contribution in [3.05, 3.63) is 24.0 Å². The molecular formula is C11H15N3. The van der Waals surface area contributed by atoms with Gasteiger partial charge in [0.2, 0.25) is 0 Å². The predicted molar refractivity (Wildman–Crippen MR) is 57.1 cm³/mol. The van der Waals surface area contributed by atoms with Gasteiger partial charge in [-0.1, -0.05) is 20.8 Å². The molecule has 0 radical (unpaired) electrons. The van der Waals surface area contributed by atoms with Crippen molar-refractivity contribution in [1.82, 2.24) is 15.2 Å². The first kappa shape index (κ1) is 9.19. The molecule has 0 aliphatic heterocycles. The molecule has 0 saturated heterocycles. The van der Waals surface area contributed by atoms with Gasteiger partial charge in [0.25, 0.3) is 0 Å². The summed E-state index contributed by atoms with van der Waals surface area (Å²) < 4.78 is 0. The second kappa shape index (κ2) is 3.40. The van der Waals surface area contributed by atoms with Gasteiger partial charge in [0.05, 0.1) is 6.20 Å². The van der Waals surface area contributed by atoms with Crippen molar-refractivity contribution in [2.24, 2.45) is 5.92 Å². The normalized spacial score (nSPS) is 13.7. The van der Waals surface area contributed by atoms with Crippen molar-refractivity contribution >= 4 is 11.0 Å². The second-order valence-corrected chi connectivity index (χ2v) is 4.11. The number of nitrogens with zero attached hydrogens (tertiary/aromatic N) is 2. The molecule has 3 nitrogen and oxygen atoms in total. The standard InChI is InChI=1S/C11H15N3/c1-7(2)8(3)9-4-10-6-13-14-11(10)12-5-9/h4-8H,1-3H3,(H,12,13,14). The van der Waals surface area contributed by atoms with Gasteiger partial charge in [-0.25, -0.2) is 4.98 Å². The molecule has 2 rings (SSSR count). The van der Waals surface area contributed by atoms with Gasteiger partial charge in [-0.15, -0.1) is 0 Å². The Morgan fingerprint density at radius 3 is 2.71 bits per heavy atom. The summed E-state index contributed by atoms with van der Waals surface area (Å²) in [6.07, 6.45) is 3.75. The molecule has 3 heteroatoms. The molecule has 74 valence electrons. The van der Waals surface area contributed by atoms with Gasteiger partial charge in [-0.2, -0.15) is 5.10 Å². The Labute approximate surface area is 83.6 Å². The lowest BCUT2D eigenvalue weighted by Crippen LogP contribution is -2.02. The number of pyridine rings is 1. The highest BCUT2D eigenvalue weighted by atomic mass is 15.1. The van der Waals surface area contributed by atoms with Crippen LogP contribution in [-0.2, 0) is 0 Å². The lowest BCUT2D eigenvalue weighted by molar-refractivity contribution is 0.534. The first-order valence-electron chi connectivity index (χ1n) is 4.97. The lowest BCUT2D eigenvalue weighted by Gasteiger charge is -2.15. The monoisotopic (exact) mass is 189 g/mol. The van der Waals surface area contributed by atoms with Crippen LogP contribution in [-0.4, -0.2) is 15.2 Å². The Morgan fingerprint density at radius 1 is 1.21 bits per heavy atom. The maximum atomic E-state index is 4.33. The number of aromatic amines is 1. The van der Waals surface area contributed by atoms with E-state index in [9.17, 15) is 0 Å². The van der Waals surface area contributed by atoms with Crippen molar-refractivity contribution < 1.29 is 0 Å². The van der Waals surface area contributed by atoms with Gasteiger partial charge in [0.15, 0.2) is 5.65 Å². The molecule has 0 bridgehead atoms. The summed E-state index contributed by atoms with van der Waals surface area (Å²) in [7, 11) is 0. The van der Waals surface area contributed by atoms with Crippen molar-refractivity contribution in [1.29, 1.82) is 0 Å². The molecule has 1 atom stereocenters. The van der Waals surface area contributed by atoms with Crippen LogP contribution < -0.4 is 0 Å². The molecule has 0 spiro atoms. The summed E-state index contributed by atoms with van der Waals surface area (Å²) in [5.41, 5.74) is 2.15. The van der Waals surface area contributed by atoms with E-state index >= 15 is 0 Å². The SMILES string of the molecule is CC(C)C(C)c1cnc2[nH]ncc2c1. The van der Waals surface area contributed by atoms with E-state index in [2.05, 4.69) is 42.0 Å². The van der Waals surface area contributed by atoms with E-state index in [1.54, 1.807) is 0 Å². The molecule has 14 heavy (non-hydrogen) atoms. The number of rotatable bonds is 2. The minimum atomic E-state index is 0.543. The van der Waals surface area contributed by atoms with Crippen LogP contribution in [0.15, 0.2) is 18.5 Å². The molecular weight excluding hydrogens is 174 g/mol. The third kappa shape index (κ3) is 1.50. The largest absolute Gasteiger partial charge is 0.261 e. The average Bonchev–Trinajstić information content (AvgIpc) is 2.62. The maximum Gasteiger partial charge on any atom is 0.155 e. The highest BCUT2D eigenvalue weighted by molar-refractivity contribution is 5.74. The fraction of sp³-hybridized carbons (Fsp3) is 0.455. The summed E-state index contributed by atoms with van der Waals surface area (Å²) in [5.74, 6) is 1.18.